The molecular formula is C24H19N7O5. The first kappa shape index (κ1) is 23.8. The second-order valence-corrected chi connectivity index (χ2v) is 7.57. The van der Waals surface area contributed by atoms with E-state index in [1.807, 2.05) is 30.3 Å². The molecule has 0 saturated heterocycles. The van der Waals surface area contributed by atoms with E-state index in [2.05, 4.69) is 15.5 Å². The average molecular weight is 485 g/mol. The third kappa shape index (κ3) is 5.07. The molecule has 0 radical (unpaired) electrons. The van der Waals surface area contributed by atoms with E-state index < -0.39 is 26.9 Å². The molecule has 12 nitrogen and oxygen atoms in total. The van der Waals surface area contributed by atoms with Gasteiger partial charge >= 0.3 is 11.4 Å². The summed E-state index contributed by atoms with van der Waals surface area (Å²) >= 11 is 0. The van der Waals surface area contributed by atoms with Crippen molar-refractivity contribution in [1.82, 2.24) is 9.55 Å². The molecule has 0 spiro atoms. The highest BCUT2D eigenvalue weighted by Gasteiger charge is 2.21. The van der Waals surface area contributed by atoms with Crippen LogP contribution < -0.4 is 16.8 Å². The zero-order chi connectivity index (χ0) is 25.7. The van der Waals surface area contributed by atoms with Crippen LogP contribution in [-0.4, -0.2) is 25.1 Å². The van der Waals surface area contributed by atoms with Crippen LogP contribution in [0.3, 0.4) is 0 Å². The number of hydrogen-bond acceptors (Lipinski definition) is 9. The predicted molar refractivity (Wildman–Crippen MR) is 134 cm³/mol. The first-order valence-electron chi connectivity index (χ1n) is 10.6. The lowest BCUT2D eigenvalue weighted by Gasteiger charge is -2.15. The molecule has 1 aromatic heterocycles. The Bertz CT molecular complexity index is 1520. The minimum absolute atomic E-state index is 0.0665. The second-order valence-electron chi connectivity index (χ2n) is 7.57. The van der Waals surface area contributed by atoms with Crippen LogP contribution in [0.1, 0.15) is 16.7 Å². The van der Waals surface area contributed by atoms with Crippen LogP contribution in [0.15, 0.2) is 95.0 Å². The number of nitrogens with one attached hydrogen (secondary N) is 1. The largest absolute Gasteiger partial charge is 0.384 e. The van der Waals surface area contributed by atoms with Gasteiger partial charge in [-0.25, -0.2) is 9.78 Å². The number of benzene rings is 3. The number of rotatable bonds is 8. The van der Waals surface area contributed by atoms with Crippen molar-refractivity contribution in [2.45, 2.75) is 6.54 Å². The molecule has 36 heavy (non-hydrogen) atoms. The number of anilines is 2. The van der Waals surface area contributed by atoms with E-state index >= 15 is 0 Å². The molecule has 0 aliphatic carbocycles. The lowest BCUT2D eigenvalue weighted by molar-refractivity contribution is -0.393. The quantitative estimate of drug-likeness (QED) is 0.217. The van der Waals surface area contributed by atoms with Crippen molar-refractivity contribution in [2.24, 2.45) is 5.10 Å². The molecule has 3 N–H and O–H groups in total. The molecule has 0 atom stereocenters. The third-order valence-corrected chi connectivity index (χ3v) is 5.26. The van der Waals surface area contributed by atoms with Gasteiger partial charge in [0.1, 0.15) is 17.2 Å². The topological polar surface area (TPSA) is 172 Å². The Hall–Kier alpha value is -5.39. The fourth-order valence-electron chi connectivity index (χ4n) is 3.48. The first-order valence-corrected chi connectivity index (χ1v) is 10.6. The number of nitrogens with zero attached hydrogens (tertiary/aromatic N) is 5. The summed E-state index contributed by atoms with van der Waals surface area (Å²) in [6.45, 7) is 0.176. The van der Waals surface area contributed by atoms with E-state index in [4.69, 9.17) is 5.73 Å². The standard InChI is InChI=1S/C24H19N7O5/c25-23-19(14-26-24(32)29(23)15-16-7-3-1-4-8-16)22(17-9-5-2-6-10-17)28-27-20-12-11-18(30(33)34)13-21(20)31(35)36/h1-14,27H,15,25H2/b28-22-. The van der Waals surface area contributed by atoms with Crippen LogP contribution in [-0.2, 0) is 6.54 Å². The van der Waals surface area contributed by atoms with Gasteiger partial charge in [-0.05, 0) is 11.6 Å². The zero-order valence-electron chi connectivity index (χ0n) is 18.6. The van der Waals surface area contributed by atoms with Crippen LogP contribution >= 0.6 is 0 Å². The third-order valence-electron chi connectivity index (χ3n) is 5.26. The molecule has 12 heteroatoms. The Morgan fingerprint density at radius 2 is 1.64 bits per heavy atom. The van der Waals surface area contributed by atoms with Gasteiger partial charge < -0.3 is 5.73 Å². The zero-order valence-corrected chi connectivity index (χ0v) is 18.6. The van der Waals surface area contributed by atoms with Crippen molar-refractivity contribution < 1.29 is 9.85 Å². The van der Waals surface area contributed by atoms with Crippen LogP contribution in [0.5, 0.6) is 0 Å². The summed E-state index contributed by atoms with van der Waals surface area (Å²) in [5.74, 6) is 0.0986. The van der Waals surface area contributed by atoms with Crippen LogP contribution in [0, 0.1) is 20.2 Å². The molecule has 0 unspecified atom stereocenters. The predicted octanol–water partition coefficient (Wildman–Crippen LogP) is 3.55. The van der Waals surface area contributed by atoms with Crippen molar-refractivity contribution in [3.05, 3.63) is 132 Å². The minimum Gasteiger partial charge on any atom is -0.384 e. The van der Waals surface area contributed by atoms with Gasteiger partial charge in [-0.1, -0.05) is 60.7 Å². The summed E-state index contributed by atoms with van der Waals surface area (Å²) in [4.78, 5) is 37.6. The lowest BCUT2D eigenvalue weighted by atomic mass is 10.0. The van der Waals surface area contributed by atoms with Crippen molar-refractivity contribution in [2.75, 3.05) is 11.2 Å². The monoisotopic (exact) mass is 485 g/mol. The molecule has 0 bridgehead atoms. The number of non-ortho nitro benzene ring substituents is 1. The second kappa shape index (κ2) is 10.3. The van der Waals surface area contributed by atoms with Gasteiger partial charge in [-0.3, -0.25) is 30.2 Å². The Morgan fingerprint density at radius 3 is 2.28 bits per heavy atom. The number of hydrogen-bond donors (Lipinski definition) is 2. The van der Waals surface area contributed by atoms with E-state index in [0.717, 1.165) is 17.7 Å². The van der Waals surface area contributed by atoms with Crippen molar-refractivity contribution in [3.8, 4) is 0 Å². The van der Waals surface area contributed by atoms with Crippen LogP contribution in [0.2, 0.25) is 0 Å². The summed E-state index contributed by atoms with van der Waals surface area (Å²) in [6.07, 6.45) is 1.29. The number of aromatic nitrogens is 2. The molecule has 0 aliphatic heterocycles. The van der Waals surface area contributed by atoms with Gasteiger partial charge in [0.15, 0.2) is 0 Å². The number of nitrogen functional groups attached to an aromatic ring is 1. The molecule has 0 saturated carbocycles. The Morgan fingerprint density at radius 1 is 0.972 bits per heavy atom. The van der Waals surface area contributed by atoms with E-state index in [1.165, 1.54) is 16.8 Å². The van der Waals surface area contributed by atoms with Crippen LogP contribution in [0.4, 0.5) is 22.9 Å². The van der Waals surface area contributed by atoms with E-state index in [-0.39, 0.29) is 23.8 Å². The summed E-state index contributed by atoms with van der Waals surface area (Å²) in [6, 6.07) is 21.2. The van der Waals surface area contributed by atoms with Crippen LogP contribution in [0.25, 0.3) is 0 Å². The van der Waals surface area contributed by atoms with Gasteiger partial charge in [0.25, 0.3) is 5.69 Å². The average Bonchev–Trinajstić information content (AvgIpc) is 2.88. The van der Waals surface area contributed by atoms with Crippen molar-refractivity contribution >= 4 is 28.6 Å². The molecule has 0 aliphatic rings. The molecule has 0 amide bonds. The highest BCUT2D eigenvalue weighted by Crippen LogP contribution is 2.29. The van der Waals surface area contributed by atoms with Gasteiger partial charge in [0.2, 0.25) is 0 Å². The summed E-state index contributed by atoms with van der Waals surface area (Å²) in [7, 11) is 0. The SMILES string of the molecule is Nc1c(/C(=N\Nc2ccc([N+](=O)[O-])cc2[N+](=O)[O-])c2ccccc2)cnc(=O)n1Cc1ccccc1. The maximum atomic E-state index is 12.5. The Balaban J connectivity index is 1.81. The first-order chi connectivity index (χ1) is 17.3. The maximum absolute atomic E-state index is 12.5. The Labute approximate surface area is 203 Å². The van der Waals surface area contributed by atoms with E-state index in [1.54, 1.807) is 30.3 Å². The lowest BCUT2D eigenvalue weighted by Crippen LogP contribution is -2.28. The molecule has 180 valence electrons. The minimum atomic E-state index is -0.747. The Kier molecular flexibility index (Phi) is 6.77. The van der Waals surface area contributed by atoms with E-state index in [9.17, 15) is 25.0 Å². The highest BCUT2D eigenvalue weighted by molar-refractivity contribution is 6.15. The summed E-state index contributed by atoms with van der Waals surface area (Å²) < 4.78 is 1.30. The van der Waals surface area contributed by atoms with Gasteiger partial charge in [-0.15, -0.1) is 0 Å². The van der Waals surface area contributed by atoms with E-state index in [0.29, 0.717) is 11.1 Å². The summed E-state index contributed by atoms with van der Waals surface area (Å²) in [5.41, 5.74) is 9.45. The molecule has 3 aromatic carbocycles. The molecule has 4 rings (SSSR count). The van der Waals surface area contributed by atoms with Gasteiger partial charge in [0.05, 0.1) is 28.0 Å². The van der Waals surface area contributed by atoms with Gasteiger partial charge in [-0.2, -0.15) is 5.10 Å². The smallest absolute Gasteiger partial charge is 0.349 e. The number of nitro benzene ring substituents is 2. The normalized spacial score (nSPS) is 11.2. The molecular weight excluding hydrogens is 466 g/mol. The molecule has 1 heterocycles. The molecule has 4 aromatic rings. The number of nitrogens with two attached hydrogens (primary N) is 1. The van der Waals surface area contributed by atoms with Crippen molar-refractivity contribution in [1.29, 1.82) is 0 Å². The summed E-state index contributed by atoms with van der Waals surface area (Å²) in [5, 5.41) is 26.9. The number of hydrazone groups is 1. The molecule has 0 fully saturated rings. The van der Waals surface area contributed by atoms with Crippen molar-refractivity contribution in [3.63, 3.8) is 0 Å². The number of nitro groups is 2. The highest BCUT2D eigenvalue weighted by atomic mass is 16.6. The maximum Gasteiger partial charge on any atom is 0.349 e. The fourth-order valence-corrected chi connectivity index (χ4v) is 3.48. The van der Waals surface area contributed by atoms with Gasteiger partial charge in [0, 0.05) is 17.8 Å². The fraction of sp³-hybridized carbons (Fsp3) is 0.0417.